The van der Waals surface area contributed by atoms with Gasteiger partial charge in [0.2, 0.25) is 0 Å². The van der Waals surface area contributed by atoms with E-state index >= 15 is 0 Å². The predicted octanol–water partition coefficient (Wildman–Crippen LogP) is 3.35. The summed E-state index contributed by atoms with van der Waals surface area (Å²) in [5.41, 5.74) is 1.04. The van der Waals surface area contributed by atoms with Crippen molar-refractivity contribution in [2.45, 2.75) is 12.6 Å². The first kappa shape index (κ1) is 20.8. The van der Waals surface area contributed by atoms with Crippen LogP contribution in [0.1, 0.15) is 11.1 Å². The number of benzene rings is 2. The summed E-state index contributed by atoms with van der Waals surface area (Å²) in [7, 11) is 1.72. The molecule has 2 aromatic carbocycles. The van der Waals surface area contributed by atoms with Gasteiger partial charge in [-0.15, -0.1) is 0 Å². The minimum absolute atomic E-state index is 0.278. The van der Waals surface area contributed by atoms with Gasteiger partial charge in [-0.05, 0) is 36.2 Å². The summed E-state index contributed by atoms with van der Waals surface area (Å²) in [6, 6.07) is 12.5. The van der Waals surface area contributed by atoms with Gasteiger partial charge in [-0.3, -0.25) is 4.99 Å². The van der Waals surface area contributed by atoms with Gasteiger partial charge in [-0.1, -0.05) is 24.3 Å². The van der Waals surface area contributed by atoms with Crippen LogP contribution in [0.25, 0.3) is 0 Å². The van der Waals surface area contributed by atoms with E-state index in [1.165, 1.54) is 12.1 Å². The second-order valence-corrected chi connectivity index (χ2v) is 6.88. The van der Waals surface area contributed by atoms with E-state index < -0.39 is 11.7 Å². The molecular formula is C21H25F3N4O. The molecule has 1 aliphatic heterocycles. The SMILES string of the molecule is CN=C(NCCc1ccc(C(F)(F)F)cc1)N1CCN(c2ccccc2O)CC1. The minimum Gasteiger partial charge on any atom is -0.506 e. The van der Waals surface area contributed by atoms with E-state index in [2.05, 4.69) is 20.1 Å². The average molecular weight is 406 g/mol. The third kappa shape index (κ3) is 5.34. The molecule has 2 N–H and O–H groups in total. The van der Waals surface area contributed by atoms with Crippen LogP contribution in [-0.2, 0) is 12.6 Å². The molecule has 0 unspecified atom stereocenters. The molecule has 0 amide bonds. The van der Waals surface area contributed by atoms with Gasteiger partial charge < -0.3 is 20.2 Å². The number of nitrogens with one attached hydrogen (secondary N) is 1. The number of para-hydroxylation sites is 2. The first-order valence-electron chi connectivity index (χ1n) is 9.53. The van der Waals surface area contributed by atoms with E-state index in [1.807, 2.05) is 12.1 Å². The zero-order valence-electron chi connectivity index (χ0n) is 16.3. The minimum atomic E-state index is -4.31. The van der Waals surface area contributed by atoms with Gasteiger partial charge in [0.25, 0.3) is 0 Å². The summed E-state index contributed by atoms with van der Waals surface area (Å²) in [5.74, 6) is 1.05. The number of hydrogen-bond acceptors (Lipinski definition) is 3. The van der Waals surface area contributed by atoms with Gasteiger partial charge in [-0.2, -0.15) is 13.2 Å². The highest BCUT2D eigenvalue weighted by molar-refractivity contribution is 5.80. The molecule has 0 spiro atoms. The third-order valence-corrected chi connectivity index (χ3v) is 4.99. The molecule has 1 fully saturated rings. The summed E-state index contributed by atoms with van der Waals surface area (Å²) in [4.78, 5) is 8.60. The van der Waals surface area contributed by atoms with Crippen LogP contribution >= 0.6 is 0 Å². The van der Waals surface area contributed by atoms with Crippen molar-refractivity contribution in [3.8, 4) is 5.75 Å². The zero-order chi connectivity index (χ0) is 20.9. The van der Waals surface area contributed by atoms with E-state index in [1.54, 1.807) is 19.2 Å². The first-order valence-corrected chi connectivity index (χ1v) is 9.53. The first-order chi connectivity index (χ1) is 13.9. The van der Waals surface area contributed by atoms with Crippen LogP contribution in [0.15, 0.2) is 53.5 Å². The number of phenols is 1. The van der Waals surface area contributed by atoms with E-state index in [0.29, 0.717) is 13.0 Å². The van der Waals surface area contributed by atoms with Crippen LogP contribution in [0.5, 0.6) is 5.75 Å². The number of nitrogens with zero attached hydrogens (tertiary/aromatic N) is 3. The molecule has 156 valence electrons. The summed E-state index contributed by atoms with van der Waals surface area (Å²) in [6.45, 7) is 3.62. The van der Waals surface area contributed by atoms with Crippen molar-refractivity contribution in [1.29, 1.82) is 0 Å². The largest absolute Gasteiger partial charge is 0.506 e. The lowest BCUT2D eigenvalue weighted by atomic mass is 10.1. The molecule has 1 saturated heterocycles. The Morgan fingerprint density at radius 1 is 1.03 bits per heavy atom. The number of alkyl halides is 3. The van der Waals surface area contributed by atoms with Crippen LogP contribution < -0.4 is 10.2 Å². The maximum Gasteiger partial charge on any atom is 0.416 e. The Morgan fingerprint density at radius 2 is 1.69 bits per heavy atom. The molecule has 0 saturated carbocycles. The van der Waals surface area contributed by atoms with Crippen molar-refractivity contribution < 1.29 is 18.3 Å². The molecule has 2 aromatic rings. The summed E-state index contributed by atoms with van der Waals surface area (Å²) in [5, 5.41) is 13.3. The monoisotopic (exact) mass is 406 g/mol. The fraction of sp³-hybridized carbons (Fsp3) is 0.381. The molecule has 29 heavy (non-hydrogen) atoms. The molecule has 0 atom stereocenters. The Labute approximate surface area is 168 Å². The van der Waals surface area contributed by atoms with Gasteiger partial charge in [0.1, 0.15) is 5.75 Å². The Kier molecular flexibility index (Phi) is 6.51. The molecule has 0 radical (unpaired) electrons. The number of hydrogen-bond donors (Lipinski definition) is 2. The lowest BCUT2D eigenvalue weighted by Crippen LogP contribution is -2.52. The Hall–Kier alpha value is -2.90. The average Bonchev–Trinajstić information content (AvgIpc) is 2.72. The van der Waals surface area contributed by atoms with Crippen molar-refractivity contribution in [2.75, 3.05) is 44.7 Å². The number of halogens is 3. The van der Waals surface area contributed by atoms with Gasteiger partial charge in [0.05, 0.1) is 11.3 Å². The molecule has 1 heterocycles. The Bertz CT molecular complexity index is 829. The van der Waals surface area contributed by atoms with E-state index in [-0.39, 0.29) is 5.75 Å². The second-order valence-electron chi connectivity index (χ2n) is 6.88. The topological polar surface area (TPSA) is 51.1 Å². The molecule has 8 heteroatoms. The van der Waals surface area contributed by atoms with Gasteiger partial charge >= 0.3 is 6.18 Å². The predicted molar refractivity (Wildman–Crippen MR) is 108 cm³/mol. The van der Waals surface area contributed by atoms with Gasteiger partial charge in [0.15, 0.2) is 5.96 Å². The maximum atomic E-state index is 12.6. The fourth-order valence-corrected chi connectivity index (χ4v) is 3.40. The summed E-state index contributed by atoms with van der Waals surface area (Å²) < 4.78 is 37.9. The Morgan fingerprint density at radius 3 is 2.28 bits per heavy atom. The molecule has 0 bridgehead atoms. The van der Waals surface area contributed by atoms with E-state index in [0.717, 1.165) is 55.5 Å². The van der Waals surface area contributed by atoms with E-state index in [9.17, 15) is 18.3 Å². The van der Waals surface area contributed by atoms with Crippen molar-refractivity contribution >= 4 is 11.6 Å². The molecule has 0 aromatic heterocycles. The molecule has 1 aliphatic rings. The van der Waals surface area contributed by atoms with Crippen molar-refractivity contribution in [2.24, 2.45) is 4.99 Å². The molecular weight excluding hydrogens is 381 g/mol. The second kappa shape index (κ2) is 9.07. The summed E-state index contributed by atoms with van der Waals surface area (Å²) >= 11 is 0. The zero-order valence-corrected chi connectivity index (χ0v) is 16.3. The standard InChI is InChI=1S/C21H25F3N4O/c1-25-20(26-11-10-16-6-8-17(9-7-16)21(22,23)24)28-14-12-27(13-15-28)18-4-2-3-5-19(18)29/h2-9,29H,10-15H2,1H3,(H,25,26). The molecule has 5 nitrogen and oxygen atoms in total. The molecule has 0 aliphatic carbocycles. The van der Waals surface area contributed by atoms with Gasteiger partial charge in [-0.25, -0.2) is 0 Å². The maximum absolute atomic E-state index is 12.6. The lowest BCUT2D eigenvalue weighted by Gasteiger charge is -2.37. The van der Waals surface area contributed by atoms with Crippen molar-refractivity contribution in [3.05, 3.63) is 59.7 Å². The van der Waals surface area contributed by atoms with Crippen LogP contribution in [0.2, 0.25) is 0 Å². The van der Waals surface area contributed by atoms with Crippen LogP contribution in [0.4, 0.5) is 18.9 Å². The number of aliphatic imine (C=N–C) groups is 1. The normalized spacial score (nSPS) is 15.5. The number of piperazine rings is 1. The number of anilines is 1. The number of guanidine groups is 1. The van der Waals surface area contributed by atoms with Crippen molar-refractivity contribution in [1.82, 2.24) is 10.2 Å². The van der Waals surface area contributed by atoms with Crippen LogP contribution in [0, 0.1) is 0 Å². The smallest absolute Gasteiger partial charge is 0.416 e. The quantitative estimate of drug-likeness (QED) is 0.604. The summed E-state index contributed by atoms with van der Waals surface area (Å²) in [6.07, 6.45) is -3.70. The Balaban J connectivity index is 1.48. The van der Waals surface area contributed by atoms with Crippen molar-refractivity contribution in [3.63, 3.8) is 0 Å². The molecule has 3 rings (SSSR count). The highest BCUT2D eigenvalue weighted by atomic mass is 19.4. The highest BCUT2D eigenvalue weighted by Gasteiger charge is 2.29. The lowest BCUT2D eigenvalue weighted by molar-refractivity contribution is -0.137. The van der Waals surface area contributed by atoms with Crippen LogP contribution in [-0.4, -0.2) is 55.7 Å². The van der Waals surface area contributed by atoms with E-state index in [4.69, 9.17) is 0 Å². The van der Waals surface area contributed by atoms with Gasteiger partial charge in [0, 0.05) is 39.8 Å². The number of phenolic OH excluding ortho intramolecular Hbond substituents is 1. The fourth-order valence-electron chi connectivity index (χ4n) is 3.40. The highest BCUT2D eigenvalue weighted by Crippen LogP contribution is 2.29. The third-order valence-electron chi connectivity index (χ3n) is 4.99. The van der Waals surface area contributed by atoms with Crippen LogP contribution in [0.3, 0.4) is 0 Å². The number of rotatable bonds is 4. The number of aromatic hydroxyl groups is 1.